The van der Waals surface area contributed by atoms with Gasteiger partial charge in [-0.3, -0.25) is 5.32 Å². The lowest BCUT2D eigenvalue weighted by Gasteiger charge is -2.13. The predicted molar refractivity (Wildman–Crippen MR) is 77.2 cm³/mol. The molecule has 1 atom stereocenters. The molecule has 0 saturated carbocycles. The number of hydrogen-bond donors (Lipinski definition) is 3. The van der Waals surface area contributed by atoms with Crippen LogP contribution in [0.15, 0.2) is 35.8 Å². The van der Waals surface area contributed by atoms with Crippen LogP contribution in [0.3, 0.4) is 0 Å². The highest BCUT2D eigenvalue weighted by atomic mass is 32.1. The number of hydrogen-bond acceptors (Lipinski definition) is 5. The SMILES string of the molecule is O=C(NCC(O)c1ccc(OC(F)(F)F)cc1)Nc1nccs1. The minimum Gasteiger partial charge on any atom is -0.406 e. The van der Waals surface area contributed by atoms with Gasteiger partial charge in [-0.25, -0.2) is 9.78 Å². The van der Waals surface area contributed by atoms with Crippen molar-refractivity contribution in [2.45, 2.75) is 12.5 Å². The van der Waals surface area contributed by atoms with Gasteiger partial charge in [-0.2, -0.15) is 0 Å². The van der Waals surface area contributed by atoms with Crippen molar-refractivity contribution >= 4 is 22.5 Å². The van der Waals surface area contributed by atoms with Crippen LogP contribution in [-0.4, -0.2) is 29.0 Å². The Morgan fingerprint density at radius 1 is 1.35 bits per heavy atom. The van der Waals surface area contributed by atoms with E-state index < -0.39 is 18.5 Å². The lowest BCUT2D eigenvalue weighted by atomic mass is 10.1. The second-order valence-corrected chi connectivity index (χ2v) is 5.20. The molecular weight excluding hydrogens is 335 g/mol. The molecule has 1 heterocycles. The summed E-state index contributed by atoms with van der Waals surface area (Å²) < 4.78 is 39.8. The quantitative estimate of drug-likeness (QED) is 0.777. The summed E-state index contributed by atoms with van der Waals surface area (Å²) in [5, 5.41) is 16.9. The highest BCUT2D eigenvalue weighted by molar-refractivity contribution is 7.13. The summed E-state index contributed by atoms with van der Waals surface area (Å²) in [6.45, 7) is -0.114. The lowest BCUT2D eigenvalue weighted by molar-refractivity contribution is -0.274. The second-order valence-electron chi connectivity index (χ2n) is 4.30. The molecule has 0 aliphatic rings. The number of anilines is 1. The molecule has 1 aromatic carbocycles. The van der Waals surface area contributed by atoms with Gasteiger partial charge in [0, 0.05) is 18.1 Å². The zero-order chi connectivity index (χ0) is 16.9. The zero-order valence-corrected chi connectivity index (χ0v) is 12.3. The molecule has 0 saturated heterocycles. The monoisotopic (exact) mass is 347 g/mol. The van der Waals surface area contributed by atoms with E-state index >= 15 is 0 Å². The summed E-state index contributed by atoms with van der Waals surface area (Å²) in [7, 11) is 0. The molecule has 0 aliphatic carbocycles. The van der Waals surface area contributed by atoms with Gasteiger partial charge in [-0.05, 0) is 17.7 Å². The number of halogens is 3. The minimum absolute atomic E-state index is 0.114. The van der Waals surface area contributed by atoms with Gasteiger partial charge in [0.05, 0.1) is 6.10 Å². The van der Waals surface area contributed by atoms with Gasteiger partial charge in [-0.1, -0.05) is 12.1 Å². The van der Waals surface area contributed by atoms with Crippen LogP contribution in [-0.2, 0) is 0 Å². The maximum atomic E-state index is 12.0. The number of aliphatic hydroxyl groups excluding tert-OH is 1. The van der Waals surface area contributed by atoms with Crippen molar-refractivity contribution in [3.8, 4) is 5.75 Å². The molecule has 0 fully saturated rings. The minimum atomic E-state index is -4.77. The van der Waals surface area contributed by atoms with Crippen LogP contribution in [0.1, 0.15) is 11.7 Å². The Kier molecular flexibility index (Phi) is 5.40. The van der Waals surface area contributed by atoms with Crippen LogP contribution < -0.4 is 15.4 Å². The van der Waals surface area contributed by atoms with Crippen LogP contribution in [0.4, 0.5) is 23.1 Å². The van der Waals surface area contributed by atoms with E-state index in [0.29, 0.717) is 10.7 Å². The smallest absolute Gasteiger partial charge is 0.406 e. The average molecular weight is 347 g/mol. The molecule has 23 heavy (non-hydrogen) atoms. The fourth-order valence-electron chi connectivity index (χ4n) is 1.63. The summed E-state index contributed by atoms with van der Waals surface area (Å²) in [6, 6.07) is 4.19. The van der Waals surface area contributed by atoms with Crippen molar-refractivity contribution in [2.24, 2.45) is 0 Å². The Bertz CT molecular complexity index is 632. The number of carbonyl (C=O) groups is 1. The maximum absolute atomic E-state index is 12.0. The van der Waals surface area contributed by atoms with Gasteiger partial charge < -0.3 is 15.2 Å². The molecule has 10 heteroatoms. The van der Waals surface area contributed by atoms with E-state index in [0.717, 1.165) is 12.1 Å². The third-order valence-electron chi connectivity index (χ3n) is 2.61. The summed E-state index contributed by atoms with van der Waals surface area (Å²) in [5.41, 5.74) is 0.342. The van der Waals surface area contributed by atoms with Crippen molar-refractivity contribution in [3.05, 3.63) is 41.4 Å². The fraction of sp³-hybridized carbons (Fsp3) is 0.231. The number of benzene rings is 1. The van der Waals surface area contributed by atoms with E-state index in [1.54, 1.807) is 5.38 Å². The number of ether oxygens (including phenoxy) is 1. The molecule has 0 spiro atoms. The molecule has 3 N–H and O–H groups in total. The molecule has 124 valence electrons. The van der Waals surface area contributed by atoms with E-state index in [1.807, 2.05) is 0 Å². The first-order valence-corrected chi connectivity index (χ1v) is 7.19. The molecule has 2 rings (SSSR count). The molecule has 6 nitrogen and oxygen atoms in total. The Balaban J connectivity index is 1.83. The normalized spacial score (nSPS) is 12.5. The van der Waals surface area contributed by atoms with Crippen LogP contribution in [0.25, 0.3) is 0 Å². The van der Waals surface area contributed by atoms with Crippen molar-refractivity contribution < 1.29 is 27.8 Å². The number of amides is 2. The predicted octanol–water partition coefficient (Wildman–Crippen LogP) is 2.90. The number of nitrogens with one attached hydrogen (secondary N) is 2. The average Bonchev–Trinajstić information content (AvgIpc) is 2.97. The van der Waals surface area contributed by atoms with Gasteiger partial charge in [-0.15, -0.1) is 24.5 Å². The third-order valence-corrected chi connectivity index (χ3v) is 3.30. The van der Waals surface area contributed by atoms with Crippen LogP contribution in [0, 0.1) is 0 Å². The molecule has 0 bridgehead atoms. The van der Waals surface area contributed by atoms with Crippen molar-refractivity contribution in [3.63, 3.8) is 0 Å². The number of nitrogens with zero attached hydrogens (tertiary/aromatic N) is 1. The fourth-order valence-corrected chi connectivity index (χ4v) is 2.15. The van der Waals surface area contributed by atoms with E-state index in [-0.39, 0.29) is 12.3 Å². The molecular formula is C13H12F3N3O3S. The highest BCUT2D eigenvalue weighted by Gasteiger charge is 2.31. The molecule has 0 radical (unpaired) electrons. The Morgan fingerprint density at radius 2 is 2.04 bits per heavy atom. The van der Waals surface area contributed by atoms with Gasteiger partial charge in [0.1, 0.15) is 5.75 Å². The first-order chi connectivity index (χ1) is 10.8. The van der Waals surface area contributed by atoms with E-state index in [2.05, 4.69) is 20.4 Å². The Labute approximate surface area is 132 Å². The van der Waals surface area contributed by atoms with Gasteiger partial charge in [0.15, 0.2) is 5.13 Å². The van der Waals surface area contributed by atoms with Gasteiger partial charge in [0.25, 0.3) is 0 Å². The topological polar surface area (TPSA) is 83.5 Å². The molecule has 2 aromatic rings. The lowest BCUT2D eigenvalue weighted by Crippen LogP contribution is -2.32. The number of thiazole rings is 1. The first kappa shape index (κ1) is 17.0. The molecule has 0 aliphatic heterocycles. The van der Waals surface area contributed by atoms with Crippen LogP contribution in [0.2, 0.25) is 0 Å². The number of alkyl halides is 3. The second kappa shape index (κ2) is 7.29. The third kappa shape index (κ3) is 5.75. The zero-order valence-electron chi connectivity index (χ0n) is 11.5. The first-order valence-electron chi connectivity index (χ1n) is 6.31. The molecule has 2 amide bonds. The van der Waals surface area contributed by atoms with E-state index in [4.69, 9.17) is 0 Å². The summed E-state index contributed by atoms with van der Waals surface area (Å²) in [6.07, 6.45) is -4.31. The van der Waals surface area contributed by atoms with Crippen LogP contribution in [0.5, 0.6) is 5.75 Å². The number of aromatic nitrogens is 1. The molecule has 1 unspecified atom stereocenters. The van der Waals surface area contributed by atoms with Crippen molar-refractivity contribution in [1.82, 2.24) is 10.3 Å². The number of aliphatic hydroxyl groups is 1. The summed E-state index contributed by atoms with van der Waals surface area (Å²) in [4.78, 5) is 15.4. The molecule has 1 aromatic heterocycles. The standard InChI is InChI=1S/C13H12F3N3O3S/c14-13(15,16)22-9-3-1-8(2-4-9)10(20)7-18-11(21)19-12-17-5-6-23-12/h1-6,10,20H,7H2,(H2,17,18,19,21). The van der Waals surface area contributed by atoms with E-state index in [9.17, 15) is 23.1 Å². The van der Waals surface area contributed by atoms with E-state index in [1.165, 1.54) is 29.7 Å². The van der Waals surface area contributed by atoms with Crippen molar-refractivity contribution in [2.75, 3.05) is 11.9 Å². The Morgan fingerprint density at radius 3 is 2.61 bits per heavy atom. The van der Waals surface area contributed by atoms with Gasteiger partial charge >= 0.3 is 12.4 Å². The number of rotatable bonds is 5. The maximum Gasteiger partial charge on any atom is 0.573 e. The Hall–Kier alpha value is -2.33. The number of carbonyl (C=O) groups excluding carboxylic acids is 1. The van der Waals surface area contributed by atoms with Crippen LogP contribution >= 0.6 is 11.3 Å². The van der Waals surface area contributed by atoms with Gasteiger partial charge in [0.2, 0.25) is 0 Å². The number of urea groups is 1. The largest absolute Gasteiger partial charge is 0.573 e. The summed E-state index contributed by atoms with van der Waals surface area (Å²) in [5.74, 6) is -0.386. The highest BCUT2D eigenvalue weighted by Crippen LogP contribution is 2.24. The van der Waals surface area contributed by atoms with Crippen molar-refractivity contribution in [1.29, 1.82) is 0 Å². The summed E-state index contributed by atoms with van der Waals surface area (Å²) >= 11 is 1.24.